The van der Waals surface area contributed by atoms with Crippen LogP contribution in [-0.2, 0) is 24.3 Å². The van der Waals surface area contributed by atoms with E-state index >= 15 is 0 Å². The van der Waals surface area contributed by atoms with E-state index in [2.05, 4.69) is 9.71 Å². The van der Waals surface area contributed by atoms with Gasteiger partial charge in [-0.15, -0.1) is 4.40 Å². The second-order valence-electron chi connectivity index (χ2n) is 6.24. The summed E-state index contributed by atoms with van der Waals surface area (Å²) in [6.07, 6.45) is 4.32. The molecule has 27 heavy (non-hydrogen) atoms. The number of anilines is 1. The molecule has 1 aromatic carbocycles. The first-order chi connectivity index (χ1) is 12.7. The number of esters is 1. The van der Waals surface area contributed by atoms with E-state index in [-0.39, 0.29) is 23.7 Å². The summed E-state index contributed by atoms with van der Waals surface area (Å²) in [6.45, 7) is 3.54. The normalized spacial score (nSPS) is 17.5. The molecule has 9 heteroatoms. The van der Waals surface area contributed by atoms with Crippen molar-refractivity contribution in [3.63, 3.8) is 0 Å². The Hall–Kier alpha value is -2.94. The Morgan fingerprint density at radius 3 is 2.63 bits per heavy atom. The topological polar surface area (TPSA) is 105 Å². The minimum atomic E-state index is -3.45. The van der Waals surface area contributed by atoms with Gasteiger partial charge in [0.25, 0.3) is 15.9 Å². The maximum Gasteiger partial charge on any atom is 0.340 e. The molecule has 0 spiro atoms. The quantitative estimate of drug-likeness (QED) is 0.778. The lowest BCUT2D eigenvalue weighted by atomic mass is 10.1. The van der Waals surface area contributed by atoms with E-state index < -0.39 is 28.5 Å². The van der Waals surface area contributed by atoms with Crippen molar-refractivity contribution in [3.8, 4) is 0 Å². The zero-order valence-electron chi connectivity index (χ0n) is 14.9. The molecule has 3 rings (SSSR count). The van der Waals surface area contributed by atoms with Crippen molar-refractivity contribution < 1.29 is 22.7 Å². The van der Waals surface area contributed by atoms with Gasteiger partial charge < -0.3 is 15.0 Å². The van der Waals surface area contributed by atoms with Crippen LogP contribution >= 0.6 is 0 Å². The Morgan fingerprint density at radius 2 is 1.93 bits per heavy atom. The number of rotatable bonds is 4. The molecule has 8 nitrogen and oxygen atoms in total. The average molecular weight is 389 g/mol. The third-order valence-corrected chi connectivity index (χ3v) is 5.30. The third-order valence-electron chi connectivity index (χ3n) is 4.14. The van der Waals surface area contributed by atoms with Crippen molar-refractivity contribution in [1.82, 2.24) is 4.90 Å². The highest BCUT2D eigenvalue weighted by atomic mass is 32.2. The van der Waals surface area contributed by atoms with E-state index in [1.54, 1.807) is 4.90 Å². The van der Waals surface area contributed by atoms with Gasteiger partial charge in [-0.1, -0.05) is 18.2 Å². The molecule has 0 atom stereocenters. The number of carbonyl (C=O) groups is 2. The minimum absolute atomic E-state index is 0.124. The molecule has 0 saturated carbocycles. The summed E-state index contributed by atoms with van der Waals surface area (Å²) in [4.78, 5) is 25.8. The summed E-state index contributed by atoms with van der Waals surface area (Å²) in [6, 6.07) is 5.65. The predicted molar refractivity (Wildman–Crippen MR) is 101 cm³/mol. The first kappa shape index (κ1) is 18.8. The summed E-state index contributed by atoms with van der Waals surface area (Å²) in [7, 11) is -3.45. The molecular formula is C18H19N3O5S. The van der Waals surface area contributed by atoms with Gasteiger partial charge in [0.05, 0.1) is 11.3 Å². The predicted octanol–water partition coefficient (Wildman–Crippen LogP) is 1.28. The van der Waals surface area contributed by atoms with Gasteiger partial charge in [-0.3, -0.25) is 4.79 Å². The molecule has 2 aliphatic heterocycles. The monoisotopic (exact) mass is 389 g/mol. The van der Waals surface area contributed by atoms with Crippen LogP contribution in [0.25, 0.3) is 0 Å². The largest absolute Gasteiger partial charge is 0.452 e. The van der Waals surface area contributed by atoms with Crippen LogP contribution in [0.4, 0.5) is 5.69 Å². The summed E-state index contributed by atoms with van der Waals surface area (Å²) >= 11 is 0. The Bertz CT molecular complexity index is 972. The minimum Gasteiger partial charge on any atom is -0.452 e. The molecule has 1 aromatic rings. The number of carbonyl (C=O) groups excluding carboxylic acids is 2. The van der Waals surface area contributed by atoms with Crippen LogP contribution in [-0.4, -0.2) is 49.9 Å². The van der Waals surface area contributed by atoms with E-state index in [4.69, 9.17) is 4.74 Å². The fourth-order valence-electron chi connectivity index (χ4n) is 2.72. The van der Waals surface area contributed by atoms with Crippen molar-refractivity contribution in [2.75, 3.05) is 24.2 Å². The zero-order valence-corrected chi connectivity index (χ0v) is 15.7. The van der Waals surface area contributed by atoms with E-state index in [0.717, 1.165) is 11.1 Å². The summed E-state index contributed by atoms with van der Waals surface area (Å²) < 4.78 is 31.7. The number of fused-ring (bicyclic) bond motifs is 1. The van der Waals surface area contributed by atoms with Gasteiger partial charge >= 0.3 is 5.97 Å². The Morgan fingerprint density at radius 1 is 1.22 bits per heavy atom. The zero-order chi connectivity index (χ0) is 19.6. The van der Waals surface area contributed by atoms with Gasteiger partial charge in [0, 0.05) is 18.4 Å². The number of amidine groups is 1. The van der Waals surface area contributed by atoms with Crippen molar-refractivity contribution >= 4 is 33.4 Å². The van der Waals surface area contributed by atoms with Gasteiger partial charge in [0.15, 0.2) is 6.61 Å². The maximum absolute atomic E-state index is 12.2. The lowest BCUT2D eigenvalue weighted by molar-refractivity contribution is -0.143. The van der Waals surface area contributed by atoms with Crippen LogP contribution in [0.3, 0.4) is 0 Å². The van der Waals surface area contributed by atoms with Crippen LogP contribution in [0, 0.1) is 13.8 Å². The third kappa shape index (κ3) is 4.43. The highest BCUT2D eigenvalue weighted by molar-refractivity contribution is 7.90. The van der Waals surface area contributed by atoms with Gasteiger partial charge in [0.2, 0.25) is 0 Å². The number of amides is 1. The Labute approximate surface area is 157 Å². The molecule has 0 saturated heterocycles. The van der Waals surface area contributed by atoms with E-state index in [9.17, 15) is 18.0 Å². The van der Waals surface area contributed by atoms with E-state index in [1.165, 1.54) is 18.4 Å². The van der Waals surface area contributed by atoms with Crippen molar-refractivity contribution in [3.05, 3.63) is 53.3 Å². The number of hydrogen-bond donors (Lipinski definition) is 1. The van der Waals surface area contributed by atoms with Crippen LogP contribution < -0.4 is 5.32 Å². The first-order valence-corrected chi connectivity index (χ1v) is 9.88. The molecule has 142 valence electrons. The molecule has 0 aromatic heterocycles. The SMILES string of the molecule is Cc1cccc(C)c1NC(=O)COC(=O)C1=CN2CCS(=O)(=O)N=C2C=C1. The summed E-state index contributed by atoms with van der Waals surface area (Å²) in [5, 5.41) is 2.74. The summed E-state index contributed by atoms with van der Waals surface area (Å²) in [5.74, 6) is -0.977. The maximum atomic E-state index is 12.2. The molecule has 0 radical (unpaired) electrons. The number of para-hydroxylation sites is 1. The molecule has 2 aliphatic rings. The number of hydrogen-bond acceptors (Lipinski definition) is 6. The van der Waals surface area contributed by atoms with Gasteiger partial charge in [0.1, 0.15) is 5.84 Å². The fraction of sp³-hybridized carbons (Fsp3) is 0.278. The highest BCUT2D eigenvalue weighted by Crippen LogP contribution is 2.19. The van der Waals surface area contributed by atoms with Crippen molar-refractivity contribution in [1.29, 1.82) is 0 Å². The van der Waals surface area contributed by atoms with Gasteiger partial charge in [-0.25, -0.2) is 13.2 Å². The highest BCUT2D eigenvalue weighted by Gasteiger charge is 2.25. The Kier molecular flexibility index (Phi) is 5.13. The van der Waals surface area contributed by atoms with Crippen LogP contribution in [0.1, 0.15) is 11.1 Å². The van der Waals surface area contributed by atoms with Crippen LogP contribution in [0.2, 0.25) is 0 Å². The number of nitrogens with zero attached hydrogens (tertiary/aromatic N) is 2. The van der Waals surface area contributed by atoms with Crippen LogP contribution in [0.5, 0.6) is 0 Å². The van der Waals surface area contributed by atoms with E-state index in [1.807, 2.05) is 32.0 Å². The number of nitrogens with one attached hydrogen (secondary N) is 1. The first-order valence-electron chi connectivity index (χ1n) is 8.27. The summed E-state index contributed by atoms with van der Waals surface area (Å²) in [5.41, 5.74) is 2.75. The van der Waals surface area contributed by atoms with Gasteiger partial charge in [-0.2, -0.15) is 0 Å². The molecule has 0 bridgehead atoms. The average Bonchev–Trinajstić information content (AvgIpc) is 2.61. The number of benzene rings is 1. The fourth-order valence-corrected chi connectivity index (χ4v) is 3.69. The molecule has 0 aliphatic carbocycles. The van der Waals surface area contributed by atoms with E-state index in [0.29, 0.717) is 5.69 Å². The second-order valence-corrected chi connectivity index (χ2v) is 7.99. The lowest BCUT2D eigenvalue weighted by Gasteiger charge is -2.26. The van der Waals surface area contributed by atoms with Crippen molar-refractivity contribution in [2.24, 2.45) is 4.40 Å². The Balaban J connectivity index is 1.60. The molecule has 1 amide bonds. The smallest absolute Gasteiger partial charge is 0.340 e. The van der Waals surface area contributed by atoms with Crippen molar-refractivity contribution in [2.45, 2.75) is 13.8 Å². The lowest BCUT2D eigenvalue weighted by Crippen LogP contribution is -2.37. The van der Waals surface area contributed by atoms with Crippen LogP contribution in [0.15, 0.2) is 46.5 Å². The standard InChI is InChI=1S/C18H19N3O5S/c1-12-4-3-5-13(2)17(12)19-16(22)11-26-18(23)14-6-7-15-20-27(24,25)9-8-21(15)10-14/h3-7,10H,8-9,11H2,1-2H3,(H,19,22). The molecule has 0 fully saturated rings. The van der Waals surface area contributed by atoms with Gasteiger partial charge in [-0.05, 0) is 37.1 Å². The molecule has 0 unspecified atom stereocenters. The number of sulfonamides is 1. The number of ether oxygens (including phenoxy) is 1. The second kappa shape index (κ2) is 7.36. The molecular weight excluding hydrogens is 370 g/mol. The molecule has 1 N–H and O–H groups in total. The number of aryl methyl sites for hydroxylation is 2. The molecule has 2 heterocycles.